The molecule has 0 fully saturated rings. The van der Waals surface area contributed by atoms with Gasteiger partial charge in [0.15, 0.2) is 0 Å². The van der Waals surface area contributed by atoms with Crippen molar-refractivity contribution in [1.29, 1.82) is 0 Å². The fraction of sp³-hybridized carbons (Fsp3) is 0.0833. The molecule has 2 N–H and O–H groups in total. The van der Waals surface area contributed by atoms with E-state index < -0.39 is 0 Å². The zero-order valence-corrected chi connectivity index (χ0v) is 10.5. The predicted molar refractivity (Wildman–Crippen MR) is 72.7 cm³/mol. The standard InChI is InChI=1S/C12H10ClN3S/c13-12-4-2-10(17-12)7-14-9-1-3-11-8(5-9)6-15-16-11/h1-6,14H,7H2,(H,15,16). The summed E-state index contributed by atoms with van der Waals surface area (Å²) in [5.41, 5.74) is 2.14. The SMILES string of the molecule is Clc1ccc(CNc2ccc3[nH]ncc3c2)s1. The Kier molecular flexibility index (Phi) is 2.74. The fourth-order valence-electron chi connectivity index (χ4n) is 1.69. The zero-order chi connectivity index (χ0) is 11.7. The Balaban J connectivity index is 1.76. The Hall–Kier alpha value is -1.52. The number of benzene rings is 1. The maximum absolute atomic E-state index is 5.88. The Morgan fingerprint density at radius 2 is 2.24 bits per heavy atom. The van der Waals surface area contributed by atoms with Gasteiger partial charge in [0, 0.05) is 22.5 Å². The van der Waals surface area contributed by atoms with E-state index in [1.807, 2.05) is 30.5 Å². The quantitative estimate of drug-likeness (QED) is 0.753. The zero-order valence-electron chi connectivity index (χ0n) is 8.90. The van der Waals surface area contributed by atoms with E-state index in [0.717, 1.165) is 27.5 Å². The van der Waals surface area contributed by atoms with Crippen LogP contribution in [0.5, 0.6) is 0 Å². The third-order valence-corrected chi connectivity index (χ3v) is 3.77. The Labute approximate surface area is 107 Å². The summed E-state index contributed by atoms with van der Waals surface area (Å²) in [4.78, 5) is 1.22. The van der Waals surface area contributed by atoms with Crippen LogP contribution in [0.15, 0.2) is 36.5 Å². The summed E-state index contributed by atoms with van der Waals surface area (Å²) in [5.74, 6) is 0. The molecule has 0 aliphatic carbocycles. The van der Waals surface area contributed by atoms with E-state index in [9.17, 15) is 0 Å². The Bertz CT molecular complexity index is 644. The molecule has 0 radical (unpaired) electrons. The van der Waals surface area contributed by atoms with E-state index in [1.54, 1.807) is 11.3 Å². The monoisotopic (exact) mass is 263 g/mol. The average Bonchev–Trinajstić information content (AvgIpc) is 2.94. The van der Waals surface area contributed by atoms with E-state index in [2.05, 4.69) is 21.6 Å². The van der Waals surface area contributed by atoms with Crippen LogP contribution in [-0.2, 0) is 6.54 Å². The number of aromatic amines is 1. The van der Waals surface area contributed by atoms with Crippen LogP contribution in [-0.4, -0.2) is 10.2 Å². The summed E-state index contributed by atoms with van der Waals surface area (Å²) in [6.45, 7) is 0.792. The second-order valence-electron chi connectivity index (χ2n) is 3.73. The van der Waals surface area contributed by atoms with E-state index >= 15 is 0 Å². The van der Waals surface area contributed by atoms with Crippen molar-refractivity contribution in [2.75, 3.05) is 5.32 Å². The van der Waals surface area contributed by atoms with Crippen LogP contribution in [0, 0.1) is 0 Å². The molecule has 0 saturated carbocycles. The smallest absolute Gasteiger partial charge is 0.0931 e. The lowest BCUT2D eigenvalue weighted by Gasteiger charge is -2.04. The summed E-state index contributed by atoms with van der Waals surface area (Å²) < 4.78 is 0.826. The third-order valence-electron chi connectivity index (χ3n) is 2.54. The van der Waals surface area contributed by atoms with Gasteiger partial charge in [-0.15, -0.1) is 11.3 Å². The molecule has 2 aromatic heterocycles. The molecular weight excluding hydrogens is 254 g/mol. The highest BCUT2D eigenvalue weighted by Gasteiger charge is 2.00. The minimum atomic E-state index is 0.792. The lowest BCUT2D eigenvalue weighted by molar-refractivity contribution is 1.12. The molecule has 0 atom stereocenters. The molecular formula is C12H10ClN3S. The summed E-state index contributed by atoms with van der Waals surface area (Å²) >= 11 is 7.48. The average molecular weight is 264 g/mol. The molecule has 5 heteroatoms. The van der Waals surface area contributed by atoms with Gasteiger partial charge in [0.05, 0.1) is 16.0 Å². The van der Waals surface area contributed by atoms with Crippen molar-refractivity contribution in [3.05, 3.63) is 45.7 Å². The number of H-pyrrole nitrogens is 1. The molecule has 0 unspecified atom stereocenters. The lowest BCUT2D eigenvalue weighted by Crippen LogP contribution is -1.96. The first-order chi connectivity index (χ1) is 8.31. The van der Waals surface area contributed by atoms with Gasteiger partial charge in [-0.05, 0) is 30.3 Å². The van der Waals surface area contributed by atoms with Crippen LogP contribution in [0.2, 0.25) is 4.34 Å². The van der Waals surface area contributed by atoms with Crippen LogP contribution in [0.3, 0.4) is 0 Å². The highest BCUT2D eigenvalue weighted by molar-refractivity contribution is 7.16. The van der Waals surface area contributed by atoms with Gasteiger partial charge < -0.3 is 5.32 Å². The molecule has 1 aromatic carbocycles. The number of anilines is 1. The number of rotatable bonds is 3. The van der Waals surface area contributed by atoms with Gasteiger partial charge in [0.1, 0.15) is 0 Å². The molecule has 3 aromatic rings. The third kappa shape index (κ3) is 2.28. The largest absolute Gasteiger partial charge is 0.380 e. The maximum Gasteiger partial charge on any atom is 0.0931 e. The van der Waals surface area contributed by atoms with E-state index in [-0.39, 0.29) is 0 Å². The number of fused-ring (bicyclic) bond motifs is 1. The van der Waals surface area contributed by atoms with Crippen molar-refractivity contribution in [2.24, 2.45) is 0 Å². The van der Waals surface area contributed by atoms with Gasteiger partial charge in [-0.3, -0.25) is 5.10 Å². The maximum atomic E-state index is 5.88. The second-order valence-corrected chi connectivity index (χ2v) is 5.53. The molecule has 0 amide bonds. The first-order valence-electron chi connectivity index (χ1n) is 5.22. The van der Waals surface area contributed by atoms with Gasteiger partial charge in [0.25, 0.3) is 0 Å². The van der Waals surface area contributed by atoms with Gasteiger partial charge >= 0.3 is 0 Å². The molecule has 17 heavy (non-hydrogen) atoms. The van der Waals surface area contributed by atoms with Crippen LogP contribution < -0.4 is 5.32 Å². The van der Waals surface area contributed by atoms with Crippen LogP contribution >= 0.6 is 22.9 Å². The summed E-state index contributed by atoms with van der Waals surface area (Å²) in [6, 6.07) is 10.1. The van der Waals surface area contributed by atoms with Crippen molar-refractivity contribution in [2.45, 2.75) is 6.54 Å². The predicted octanol–water partition coefficient (Wildman–Crippen LogP) is 3.89. The lowest BCUT2D eigenvalue weighted by atomic mass is 10.2. The summed E-state index contributed by atoms with van der Waals surface area (Å²) in [5, 5.41) is 11.4. The van der Waals surface area contributed by atoms with Gasteiger partial charge in [-0.2, -0.15) is 5.10 Å². The summed E-state index contributed by atoms with van der Waals surface area (Å²) in [6.07, 6.45) is 1.82. The minimum Gasteiger partial charge on any atom is -0.380 e. The van der Waals surface area contributed by atoms with E-state index in [4.69, 9.17) is 11.6 Å². The molecule has 0 saturated heterocycles. The number of thiophene rings is 1. The van der Waals surface area contributed by atoms with Crippen LogP contribution in [0.4, 0.5) is 5.69 Å². The molecule has 3 rings (SSSR count). The molecule has 3 nitrogen and oxygen atoms in total. The van der Waals surface area contributed by atoms with E-state index in [0.29, 0.717) is 0 Å². The van der Waals surface area contributed by atoms with Crippen molar-refractivity contribution in [3.63, 3.8) is 0 Å². The Morgan fingerprint density at radius 1 is 1.29 bits per heavy atom. The minimum absolute atomic E-state index is 0.792. The number of hydrogen-bond donors (Lipinski definition) is 2. The van der Waals surface area contributed by atoms with Crippen molar-refractivity contribution >= 4 is 39.5 Å². The fourth-order valence-corrected chi connectivity index (χ4v) is 2.72. The van der Waals surface area contributed by atoms with Crippen LogP contribution in [0.1, 0.15) is 4.88 Å². The molecule has 0 spiro atoms. The molecule has 0 aliphatic rings. The van der Waals surface area contributed by atoms with Crippen molar-refractivity contribution < 1.29 is 0 Å². The van der Waals surface area contributed by atoms with Gasteiger partial charge in [-0.1, -0.05) is 11.6 Å². The van der Waals surface area contributed by atoms with Gasteiger partial charge in [-0.25, -0.2) is 0 Å². The van der Waals surface area contributed by atoms with Crippen LogP contribution in [0.25, 0.3) is 10.9 Å². The second kappa shape index (κ2) is 4.39. The molecule has 2 heterocycles. The first-order valence-corrected chi connectivity index (χ1v) is 6.42. The molecule has 0 aliphatic heterocycles. The van der Waals surface area contributed by atoms with E-state index in [1.165, 1.54) is 4.88 Å². The number of halogens is 1. The molecule has 0 bridgehead atoms. The Morgan fingerprint density at radius 3 is 3.06 bits per heavy atom. The van der Waals surface area contributed by atoms with Crippen molar-refractivity contribution in [1.82, 2.24) is 10.2 Å². The van der Waals surface area contributed by atoms with Gasteiger partial charge in [0.2, 0.25) is 0 Å². The topological polar surface area (TPSA) is 40.7 Å². The summed E-state index contributed by atoms with van der Waals surface area (Å²) in [7, 11) is 0. The first kappa shape index (κ1) is 10.6. The normalized spacial score (nSPS) is 10.9. The number of hydrogen-bond acceptors (Lipinski definition) is 3. The number of aromatic nitrogens is 2. The number of nitrogens with zero attached hydrogens (tertiary/aromatic N) is 1. The number of nitrogens with one attached hydrogen (secondary N) is 2. The highest BCUT2D eigenvalue weighted by atomic mass is 35.5. The molecule has 86 valence electrons. The van der Waals surface area contributed by atoms with Crippen molar-refractivity contribution in [3.8, 4) is 0 Å². The highest BCUT2D eigenvalue weighted by Crippen LogP contribution is 2.23.